The van der Waals surface area contributed by atoms with E-state index in [0.29, 0.717) is 24.0 Å². The van der Waals surface area contributed by atoms with E-state index in [9.17, 15) is 0 Å². The summed E-state index contributed by atoms with van der Waals surface area (Å²) in [5, 5.41) is 18.3. The average molecular weight is 294 g/mol. The number of hydrogen-bond donors (Lipinski definition) is 0. The summed E-state index contributed by atoms with van der Waals surface area (Å²) in [6, 6.07) is 4.07. The molecule has 0 amide bonds. The Morgan fingerprint density at radius 3 is 3.16 bits per heavy atom. The molecular weight excluding hydrogens is 284 g/mol. The van der Waals surface area contributed by atoms with Crippen LogP contribution in [0.1, 0.15) is 16.6 Å². The van der Waals surface area contributed by atoms with Crippen LogP contribution in [-0.2, 0) is 12.3 Å². The minimum Gasteiger partial charge on any atom is -0.340 e. The summed E-state index contributed by atoms with van der Waals surface area (Å²) in [6.45, 7) is 2.44. The van der Waals surface area contributed by atoms with Gasteiger partial charge in [0.15, 0.2) is 5.82 Å². The van der Waals surface area contributed by atoms with Crippen LogP contribution < -0.4 is 0 Å². The van der Waals surface area contributed by atoms with Crippen molar-refractivity contribution in [1.82, 2.24) is 30.3 Å². The highest BCUT2D eigenvalue weighted by atomic mass is 32.2. The van der Waals surface area contributed by atoms with Crippen molar-refractivity contribution in [2.75, 3.05) is 0 Å². The van der Waals surface area contributed by atoms with E-state index in [0.717, 1.165) is 5.16 Å². The topological polar surface area (TPSA) is 82.5 Å². The molecule has 3 heterocycles. The van der Waals surface area contributed by atoms with E-state index < -0.39 is 0 Å². The molecule has 0 saturated carbocycles. The highest BCUT2D eigenvalue weighted by molar-refractivity contribution is 7.98. The predicted octanol–water partition coefficient (Wildman–Crippen LogP) is 1.77. The second-order valence-electron chi connectivity index (χ2n) is 3.72. The van der Waals surface area contributed by atoms with Crippen LogP contribution >= 0.6 is 23.1 Å². The molecule has 3 aromatic rings. The van der Waals surface area contributed by atoms with Crippen molar-refractivity contribution in [3.8, 4) is 0 Å². The summed E-state index contributed by atoms with van der Waals surface area (Å²) in [4.78, 5) is 5.35. The molecule has 3 rings (SSSR count). The van der Waals surface area contributed by atoms with Gasteiger partial charge in [-0.05, 0) is 21.9 Å². The van der Waals surface area contributed by atoms with E-state index in [1.54, 1.807) is 22.9 Å². The Morgan fingerprint density at radius 2 is 2.42 bits per heavy atom. The van der Waals surface area contributed by atoms with Crippen molar-refractivity contribution in [2.24, 2.45) is 0 Å². The molecule has 3 aromatic heterocycles. The van der Waals surface area contributed by atoms with Gasteiger partial charge in [-0.15, -0.1) is 16.4 Å². The van der Waals surface area contributed by atoms with Crippen LogP contribution in [0, 0.1) is 6.92 Å². The van der Waals surface area contributed by atoms with Gasteiger partial charge in [0, 0.05) is 11.8 Å². The highest BCUT2D eigenvalue weighted by Gasteiger charge is 2.10. The molecule has 0 fully saturated rings. The number of rotatable bonds is 5. The first-order valence-electron chi connectivity index (χ1n) is 5.52. The Morgan fingerprint density at radius 1 is 1.47 bits per heavy atom. The zero-order valence-electron chi connectivity index (χ0n) is 10.1. The smallest absolute Gasteiger partial charge is 0.223 e. The summed E-state index contributed by atoms with van der Waals surface area (Å²) in [7, 11) is 0. The lowest BCUT2D eigenvalue weighted by molar-refractivity contribution is 0.389. The van der Waals surface area contributed by atoms with Gasteiger partial charge in [-0.1, -0.05) is 23.0 Å². The van der Waals surface area contributed by atoms with Gasteiger partial charge < -0.3 is 4.52 Å². The van der Waals surface area contributed by atoms with E-state index >= 15 is 0 Å². The lowest BCUT2D eigenvalue weighted by Crippen LogP contribution is -2.02. The van der Waals surface area contributed by atoms with Crippen molar-refractivity contribution in [3.05, 3.63) is 34.1 Å². The largest absolute Gasteiger partial charge is 0.340 e. The third-order valence-electron chi connectivity index (χ3n) is 2.28. The number of tetrazole rings is 1. The molecule has 98 valence electrons. The number of nitrogens with zero attached hydrogens (tertiary/aromatic N) is 6. The molecule has 9 heteroatoms. The second-order valence-corrected chi connectivity index (χ2v) is 5.69. The molecule has 0 atom stereocenters. The zero-order valence-corrected chi connectivity index (χ0v) is 11.7. The molecule has 0 aromatic carbocycles. The number of hydrogen-bond acceptors (Lipinski definition) is 8. The Labute approximate surface area is 117 Å². The fourth-order valence-electron chi connectivity index (χ4n) is 1.48. The molecule has 0 N–H and O–H groups in total. The first-order chi connectivity index (χ1) is 9.31. The molecule has 0 aliphatic heterocycles. The van der Waals surface area contributed by atoms with Gasteiger partial charge in [-0.3, -0.25) is 0 Å². The summed E-state index contributed by atoms with van der Waals surface area (Å²) in [5.41, 5.74) is 0. The zero-order chi connectivity index (χ0) is 13.1. The lowest BCUT2D eigenvalue weighted by atomic mass is 10.5. The fraction of sp³-hybridized carbons (Fsp3) is 0.300. The van der Waals surface area contributed by atoms with Gasteiger partial charge in [0.05, 0.1) is 12.3 Å². The summed E-state index contributed by atoms with van der Waals surface area (Å²) >= 11 is 3.17. The second kappa shape index (κ2) is 5.49. The van der Waals surface area contributed by atoms with Crippen molar-refractivity contribution in [3.63, 3.8) is 0 Å². The van der Waals surface area contributed by atoms with Crippen LogP contribution in [0.4, 0.5) is 0 Å². The van der Waals surface area contributed by atoms with Crippen LogP contribution in [0.3, 0.4) is 0 Å². The number of thioether (sulfide) groups is 1. The van der Waals surface area contributed by atoms with Gasteiger partial charge >= 0.3 is 0 Å². The summed E-state index contributed by atoms with van der Waals surface area (Å²) in [5.74, 6) is 1.80. The average Bonchev–Trinajstić information content (AvgIpc) is 3.10. The van der Waals surface area contributed by atoms with E-state index in [2.05, 4.69) is 31.7 Å². The molecule has 19 heavy (non-hydrogen) atoms. The maximum absolute atomic E-state index is 4.92. The van der Waals surface area contributed by atoms with Crippen molar-refractivity contribution < 1.29 is 4.52 Å². The number of aryl methyl sites for hydroxylation is 1. The summed E-state index contributed by atoms with van der Waals surface area (Å²) < 4.78 is 6.69. The molecule has 0 aliphatic rings. The molecule has 0 unspecified atom stereocenters. The highest BCUT2D eigenvalue weighted by Crippen LogP contribution is 2.20. The van der Waals surface area contributed by atoms with Crippen molar-refractivity contribution in [1.29, 1.82) is 0 Å². The van der Waals surface area contributed by atoms with Crippen LogP contribution in [0.5, 0.6) is 0 Å². The van der Waals surface area contributed by atoms with Gasteiger partial charge in [0.2, 0.25) is 11.0 Å². The van der Waals surface area contributed by atoms with Crippen molar-refractivity contribution in [2.45, 2.75) is 24.4 Å². The SMILES string of the molecule is Cc1nc(CSc2nnnn2Cc2cccs2)no1. The maximum atomic E-state index is 4.92. The van der Waals surface area contributed by atoms with E-state index in [4.69, 9.17) is 4.52 Å². The Kier molecular flexibility index (Phi) is 3.56. The molecular formula is C10H10N6OS2. The third-order valence-corrected chi connectivity index (χ3v) is 4.10. The quantitative estimate of drug-likeness (QED) is 0.663. The maximum Gasteiger partial charge on any atom is 0.223 e. The molecule has 0 bridgehead atoms. The lowest BCUT2D eigenvalue weighted by Gasteiger charge is -2.00. The first kappa shape index (κ1) is 12.3. The van der Waals surface area contributed by atoms with Crippen molar-refractivity contribution >= 4 is 23.1 Å². The minimum atomic E-state index is 0.564. The molecule has 7 nitrogen and oxygen atoms in total. The molecule has 0 saturated heterocycles. The number of aromatic nitrogens is 6. The fourth-order valence-corrected chi connectivity index (χ4v) is 2.88. The predicted molar refractivity (Wildman–Crippen MR) is 69.8 cm³/mol. The van der Waals surface area contributed by atoms with E-state index in [-0.39, 0.29) is 0 Å². The van der Waals surface area contributed by atoms with Crippen LogP contribution in [-0.4, -0.2) is 30.3 Å². The Balaban J connectivity index is 1.66. The molecule has 0 radical (unpaired) electrons. The van der Waals surface area contributed by atoms with Gasteiger partial charge in [0.1, 0.15) is 0 Å². The van der Waals surface area contributed by atoms with Gasteiger partial charge in [-0.2, -0.15) is 4.98 Å². The standard InChI is InChI=1S/C10H10N6OS2/c1-7-11-9(13-17-7)6-19-10-12-14-15-16(10)5-8-3-2-4-18-8/h2-4H,5-6H2,1H3. The third kappa shape index (κ3) is 2.99. The molecule has 0 aliphatic carbocycles. The van der Waals surface area contributed by atoms with Crippen LogP contribution in [0.15, 0.2) is 27.2 Å². The van der Waals surface area contributed by atoms with Gasteiger partial charge in [0.25, 0.3) is 0 Å². The van der Waals surface area contributed by atoms with Crippen LogP contribution in [0.25, 0.3) is 0 Å². The normalized spacial score (nSPS) is 11.0. The molecule has 0 spiro atoms. The number of thiophene rings is 1. The minimum absolute atomic E-state index is 0.564. The monoisotopic (exact) mass is 294 g/mol. The first-order valence-corrected chi connectivity index (χ1v) is 7.38. The Bertz CT molecular complexity index is 647. The van der Waals surface area contributed by atoms with Gasteiger partial charge in [-0.25, -0.2) is 4.68 Å². The Hall–Kier alpha value is -1.74. The van der Waals surface area contributed by atoms with E-state index in [1.165, 1.54) is 16.6 Å². The summed E-state index contributed by atoms with van der Waals surface area (Å²) in [6.07, 6.45) is 0. The van der Waals surface area contributed by atoms with E-state index in [1.807, 2.05) is 11.4 Å². The van der Waals surface area contributed by atoms with Crippen LogP contribution in [0.2, 0.25) is 0 Å².